The molecule has 13 heavy (non-hydrogen) atoms. The number of hydrogen-bond donors (Lipinski definition) is 3. The van der Waals surface area contributed by atoms with Crippen molar-refractivity contribution in [1.29, 1.82) is 0 Å². The van der Waals surface area contributed by atoms with E-state index in [0.717, 1.165) is 5.56 Å². The molecule has 1 aromatic heterocycles. The fourth-order valence-electron chi connectivity index (χ4n) is 0.822. The maximum absolute atomic E-state index is 8.71. The summed E-state index contributed by atoms with van der Waals surface area (Å²) in [6.45, 7) is 0.298. The predicted octanol–water partition coefficient (Wildman–Crippen LogP) is -0.402. The summed E-state index contributed by atoms with van der Waals surface area (Å²) in [5, 5.41) is 11.5. The number of thiocarbonyl (C=S) groups is 1. The average molecular weight is 198 g/mol. The van der Waals surface area contributed by atoms with Crippen LogP contribution in [0.1, 0.15) is 11.4 Å². The van der Waals surface area contributed by atoms with Crippen LogP contribution in [0.3, 0.4) is 0 Å². The number of aliphatic hydroxyl groups is 1. The van der Waals surface area contributed by atoms with Gasteiger partial charge in [0.1, 0.15) is 12.4 Å². The molecule has 1 aromatic rings. The Balaban J connectivity index is 2.78. The van der Waals surface area contributed by atoms with Crippen LogP contribution in [0, 0.1) is 0 Å². The lowest BCUT2D eigenvalue weighted by atomic mass is 10.3. The molecule has 0 radical (unpaired) electrons. The first-order valence-electron chi connectivity index (χ1n) is 3.66. The Labute approximate surface area is 81.0 Å². The Morgan fingerprint density at radius 2 is 2.46 bits per heavy atom. The van der Waals surface area contributed by atoms with Crippen molar-refractivity contribution in [1.82, 2.24) is 15.3 Å². The van der Waals surface area contributed by atoms with E-state index < -0.39 is 0 Å². The number of aliphatic hydroxyl groups excluding tert-OH is 1. The Bertz CT molecular complexity index is 305. The average Bonchev–Trinajstić information content (AvgIpc) is 2.16. The zero-order valence-corrected chi connectivity index (χ0v) is 7.71. The second-order valence-electron chi connectivity index (χ2n) is 2.35. The molecule has 0 saturated heterocycles. The molecule has 0 atom stereocenters. The van der Waals surface area contributed by atoms with Crippen molar-refractivity contribution in [3.8, 4) is 0 Å². The van der Waals surface area contributed by atoms with Crippen LogP contribution in [0.5, 0.6) is 0 Å². The second-order valence-corrected chi connectivity index (χ2v) is 2.59. The minimum Gasteiger partial charge on any atom is -0.388 e. The van der Waals surface area contributed by atoms with Gasteiger partial charge in [-0.3, -0.25) is 0 Å². The molecule has 0 aliphatic rings. The zero-order chi connectivity index (χ0) is 9.68. The number of nitrogens with one attached hydrogen (secondary N) is 1. The number of rotatable bonds is 4. The van der Waals surface area contributed by atoms with Crippen molar-refractivity contribution >= 4 is 23.5 Å². The lowest BCUT2D eigenvalue weighted by Gasteiger charge is -2.04. The summed E-state index contributed by atoms with van der Waals surface area (Å²) < 4.78 is 0. The van der Waals surface area contributed by atoms with Crippen molar-refractivity contribution in [2.75, 3.05) is 5.73 Å². The van der Waals surface area contributed by atoms with Gasteiger partial charge in [0.05, 0.1) is 5.49 Å². The molecule has 1 heterocycles. The summed E-state index contributed by atoms with van der Waals surface area (Å²) in [4.78, 5) is 7.76. The standard InChI is InChI=1S/C7H10N4OS/c8-7-5(1-9-4-13)2-10-6(3-12)11-7/h2,4,12H,1,3H2,(H,9,13)(H2,8,10,11). The summed E-state index contributed by atoms with van der Waals surface area (Å²) in [6.07, 6.45) is 1.57. The van der Waals surface area contributed by atoms with Crippen LogP contribution < -0.4 is 11.1 Å². The van der Waals surface area contributed by atoms with Gasteiger partial charge in [-0.1, -0.05) is 12.2 Å². The maximum Gasteiger partial charge on any atom is 0.156 e. The van der Waals surface area contributed by atoms with Gasteiger partial charge in [-0.2, -0.15) is 0 Å². The van der Waals surface area contributed by atoms with E-state index in [9.17, 15) is 0 Å². The first kappa shape index (κ1) is 9.82. The van der Waals surface area contributed by atoms with Crippen LogP contribution in [-0.2, 0) is 13.2 Å². The highest BCUT2D eigenvalue weighted by atomic mass is 32.1. The van der Waals surface area contributed by atoms with Gasteiger partial charge in [-0.25, -0.2) is 9.97 Å². The lowest BCUT2D eigenvalue weighted by Crippen LogP contribution is -2.12. The summed E-state index contributed by atoms with van der Waals surface area (Å²) >= 11 is 4.59. The molecule has 0 aliphatic heterocycles. The monoisotopic (exact) mass is 198 g/mol. The molecule has 1 rings (SSSR count). The third-order valence-electron chi connectivity index (χ3n) is 1.47. The largest absolute Gasteiger partial charge is 0.388 e. The van der Waals surface area contributed by atoms with Gasteiger partial charge in [0, 0.05) is 18.3 Å². The summed E-state index contributed by atoms with van der Waals surface area (Å²) in [6, 6.07) is 0. The quantitative estimate of drug-likeness (QED) is 0.571. The third-order valence-corrected chi connectivity index (χ3v) is 1.63. The SMILES string of the molecule is Nc1nc(CO)ncc1CNC=S. The summed E-state index contributed by atoms with van der Waals surface area (Å²) in [7, 11) is 0. The van der Waals surface area contributed by atoms with Gasteiger partial charge < -0.3 is 16.2 Å². The van der Waals surface area contributed by atoms with Crippen LogP contribution in [0.4, 0.5) is 5.82 Å². The zero-order valence-electron chi connectivity index (χ0n) is 6.90. The molecule has 0 saturated carbocycles. The Kier molecular flexibility index (Phi) is 3.53. The predicted molar refractivity (Wildman–Crippen MR) is 52.9 cm³/mol. The van der Waals surface area contributed by atoms with E-state index in [1.165, 1.54) is 5.49 Å². The van der Waals surface area contributed by atoms with Gasteiger partial charge in [0.2, 0.25) is 0 Å². The van der Waals surface area contributed by atoms with E-state index in [4.69, 9.17) is 10.8 Å². The minimum atomic E-state index is -0.203. The van der Waals surface area contributed by atoms with Gasteiger partial charge >= 0.3 is 0 Å². The van der Waals surface area contributed by atoms with Crippen LogP contribution >= 0.6 is 12.2 Å². The molecule has 0 aromatic carbocycles. The summed E-state index contributed by atoms with van der Waals surface area (Å²) in [5.74, 6) is 0.687. The van der Waals surface area contributed by atoms with E-state index in [-0.39, 0.29) is 6.61 Å². The Morgan fingerprint density at radius 1 is 1.69 bits per heavy atom. The number of nitrogens with two attached hydrogens (primary N) is 1. The fourth-order valence-corrected chi connectivity index (χ4v) is 0.906. The molecular formula is C7H10N4OS. The van der Waals surface area contributed by atoms with Crippen molar-refractivity contribution in [2.24, 2.45) is 0 Å². The molecule has 70 valence electrons. The highest BCUT2D eigenvalue weighted by Gasteiger charge is 2.01. The topological polar surface area (TPSA) is 84.1 Å². The van der Waals surface area contributed by atoms with Crippen LogP contribution in [0.15, 0.2) is 6.20 Å². The van der Waals surface area contributed by atoms with E-state index in [2.05, 4.69) is 27.5 Å². The highest BCUT2D eigenvalue weighted by Crippen LogP contribution is 2.06. The van der Waals surface area contributed by atoms with Crippen molar-refractivity contribution < 1.29 is 5.11 Å². The molecule has 5 nitrogen and oxygen atoms in total. The molecule has 0 bridgehead atoms. The molecule has 0 unspecified atom stereocenters. The van der Waals surface area contributed by atoms with E-state index >= 15 is 0 Å². The van der Waals surface area contributed by atoms with Crippen molar-refractivity contribution in [3.63, 3.8) is 0 Å². The smallest absolute Gasteiger partial charge is 0.156 e. The van der Waals surface area contributed by atoms with E-state index in [1.54, 1.807) is 6.20 Å². The van der Waals surface area contributed by atoms with Gasteiger partial charge in [-0.05, 0) is 0 Å². The van der Waals surface area contributed by atoms with Gasteiger partial charge in [-0.15, -0.1) is 0 Å². The second kappa shape index (κ2) is 4.68. The first-order chi connectivity index (χ1) is 6.27. The number of nitrogens with zero attached hydrogens (tertiary/aromatic N) is 2. The lowest BCUT2D eigenvalue weighted by molar-refractivity contribution is 0.271. The number of aromatic nitrogens is 2. The van der Waals surface area contributed by atoms with Gasteiger partial charge in [0.25, 0.3) is 0 Å². The van der Waals surface area contributed by atoms with Crippen LogP contribution in [-0.4, -0.2) is 20.6 Å². The summed E-state index contributed by atoms with van der Waals surface area (Å²) in [5.41, 5.74) is 7.75. The molecular weight excluding hydrogens is 188 g/mol. The van der Waals surface area contributed by atoms with Crippen molar-refractivity contribution in [2.45, 2.75) is 13.2 Å². The Hall–Kier alpha value is -1.27. The molecule has 4 N–H and O–H groups in total. The molecule has 6 heteroatoms. The fraction of sp³-hybridized carbons (Fsp3) is 0.286. The van der Waals surface area contributed by atoms with Crippen LogP contribution in [0.2, 0.25) is 0 Å². The van der Waals surface area contributed by atoms with E-state index in [0.29, 0.717) is 18.2 Å². The highest BCUT2D eigenvalue weighted by molar-refractivity contribution is 7.78. The van der Waals surface area contributed by atoms with Crippen LogP contribution in [0.25, 0.3) is 0 Å². The number of anilines is 1. The van der Waals surface area contributed by atoms with Gasteiger partial charge in [0.15, 0.2) is 5.82 Å². The molecule has 0 amide bonds. The first-order valence-corrected chi connectivity index (χ1v) is 4.13. The normalized spacial score (nSPS) is 9.62. The molecule has 0 fully saturated rings. The van der Waals surface area contributed by atoms with E-state index in [1.807, 2.05) is 0 Å². The minimum absolute atomic E-state index is 0.203. The maximum atomic E-state index is 8.71. The number of hydrogen-bond acceptors (Lipinski definition) is 5. The Morgan fingerprint density at radius 3 is 3.00 bits per heavy atom. The third kappa shape index (κ3) is 2.60. The number of nitrogen functional groups attached to an aromatic ring is 1. The molecule has 0 aliphatic carbocycles. The molecule has 0 spiro atoms. The van der Waals surface area contributed by atoms with Crippen molar-refractivity contribution in [3.05, 3.63) is 17.6 Å².